The van der Waals surface area contributed by atoms with Crippen molar-refractivity contribution >= 4 is 11.7 Å². The Bertz CT molecular complexity index is 893. The van der Waals surface area contributed by atoms with Gasteiger partial charge >= 0.3 is 12.1 Å². The largest absolute Gasteiger partial charge is 0.482 e. The average Bonchev–Trinajstić information content (AvgIpc) is 2.72. The molecule has 0 unspecified atom stereocenters. The number of halogens is 3. The highest BCUT2D eigenvalue weighted by Gasteiger charge is 2.29. The van der Waals surface area contributed by atoms with Crippen molar-refractivity contribution in [2.24, 2.45) is 5.16 Å². The van der Waals surface area contributed by atoms with E-state index in [9.17, 15) is 18.0 Å². The molecule has 0 amide bonds. The number of aryl methyl sites for hydroxylation is 1. The normalized spacial score (nSPS) is 11.9. The van der Waals surface area contributed by atoms with Gasteiger partial charge < -0.3 is 14.3 Å². The summed E-state index contributed by atoms with van der Waals surface area (Å²) in [5, 5.41) is 4.20. The summed E-state index contributed by atoms with van der Waals surface area (Å²) >= 11 is 0. The molecule has 0 saturated carbocycles. The lowest BCUT2D eigenvalue weighted by atomic mass is 10.0. The lowest BCUT2D eigenvalue weighted by Gasteiger charge is -2.12. The van der Waals surface area contributed by atoms with E-state index in [1.54, 1.807) is 13.0 Å². The van der Waals surface area contributed by atoms with Crippen LogP contribution in [0.25, 0.3) is 0 Å². The predicted octanol–water partition coefficient (Wildman–Crippen LogP) is 5.68. The summed E-state index contributed by atoms with van der Waals surface area (Å²) in [7, 11) is 0. The molecule has 2 aromatic carbocycles. The Kier molecular flexibility index (Phi) is 8.90. The fourth-order valence-electron chi connectivity index (χ4n) is 2.78. The van der Waals surface area contributed by atoms with Crippen LogP contribution >= 0.6 is 0 Å². The first-order valence-electron chi connectivity index (χ1n) is 9.99. The number of benzene rings is 2. The Hall–Kier alpha value is -3.03. The van der Waals surface area contributed by atoms with Gasteiger partial charge in [-0.2, -0.15) is 13.2 Å². The van der Waals surface area contributed by atoms with Crippen molar-refractivity contribution in [3.05, 3.63) is 64.7 Å². The van der Waals surface area contributed by atoms with Crippen molar-refractivity contribution in [3.8, 4) is 5.75 Å². The third-order valence-corrected chi connectivity index (χ3v) is 4.33. The number of hydrogen-bond donors (Lipinski definition) is 0. The Labute approximate surface area is 179 Å². The molecule has 0 aromatic heterocycles. The van der Waals surface area contributed by atoms with E-state index >= 15 is 0 Å². The van der Waals surface area contributed by atoms with Gasteiger partial charge in [-0.05, 0) is 67.3 Å². The van der Waals surface area contributed by atoms with Crippen LogP contribution in [-0.4, -0.2) is 24.9 Å². The molecule has 0 spiro atoms. The van der Waals surface area contributed by atoms with E-state index < -0.39 is 17.7 Å². The van der Waals surface area contributed by atoms with Crippen LogP contribution in [-0.2, 0) is 27.2 Å². The maximum absolute atomic E-state index is 12.6. The van der Waals surface area contributed by atoms with Gasteiger partial charge in [-0.1, -0.05) is 30.6 Å². The summed E-state index contributed by atoms with van der Waals surface area (Å²) in [4.78, 5) is 16.9. The quantitative estimate of drug-likeness (QED) is 0.273. The Morgan fingerprint density at radius 2 is 1.77 bits per heavy atom. The Morgan fingerprint density at radius 1 is 1.06 bits per heavy atom. The molecule has 8 heteroatoms. The molecule has 5 nitrogen and oxygen atoms in total. The molecule has 168 valence electrons. The van der Waals surface area contributed by atoms with Crippen LogP contribution < -0.4 is 4.74 Å². The molecule has 0 atom stereocenters. The number of hydrogen-bond acceptors (Lipinski definition) is 5. The number of oxime groups is 1. The number of carbonyl (C=O) groups excluding carboxylic acids is 1. The number of nitrogens with zero attached hydrogens (tertiary/aromatic N) is 1. The first-order chi connectivity index (χ1) is 14.7. The Morgan fingerprint density at radius 3 is 2.35 bits per heavy atom. The third-order valence-electron chi connectivity index (χ3n) is 4.33. The van der Waals surface area contributed by atoms with Crippen molar-refractivity contribution in [3.63, 3.8) is 0 Å². The maximum Gasteiger partial charge on any atom is 0.416 e. The van der Waals surface area contributed by atoms with Gasteiger partial charge in [-0.25, -0.2) is 4.79 Å². The standard InChI is InChI=1S/C23H26F3NO4/c1-4-6-20(27-31-14-17-7-10-19(11-8-17)23(24,25)26)18-9-12-21(16(3)13-18)30-15-22(28)29-5-2/h7-13H,4-6,14-15H2,1-3H3/b27-20-. The van der Waals surface area contributed by atoms with Gasteiger partial charge in [0.1, 0.15) is 12.4 Å². The summed E-state index contributed by atoms with van der Waals surface area (Å²) in [6, 6.07) is 10.3. The van der Waals surface area contributed by atoms with Crippen molar-refractivity contribution in [2.75, 3.05) is 13.2 Å². The molecular formula is C23H26F3NO4. The van der Waals surface area contributed by atoms with Crippen LogP contribution in [0.5, 0.6) is 5.75 Å². The topological polar surface area (TPSA) is 57.1 Å². The first kappa shape index (κ1) is 24.2. The minimum Gasteiger partial charge on any atom is -0.482 e. The van der Waals surface area contributed by atoms with E-state index in [2.05, 4.69) is 5.16 Å². The average molecular weight is 437 g/mol. The zero-order chi connectivity index (χ0) is 22.9. The van der Waals surface area contributed by atoms with Gasteiger partial charge in [0.15, 0.2) is 6.61 Å². The fraction of sp³-hybridized carbons (Fsp3) is 0.391. The molecule has 0 fully saturated rings. The highest BCUT2D eigenvalue weighted by Crippen LogP contribution is 2.29. The minimum atomic E-state index is -4.37. The summed E-state index contributed by atoms with van der Waals surface area (Å²) in [6.07, 6.45) is -2.87. The van der Waals surface area contributed by atoms with E-state index in [0.717, 1.165) is 35.4 Å². The van der Waals surface area contributed by atoms with Crippen molar-refractivity contribution in [1.29, 1.82) is 0 Å². The fourth-order valence-corrected chi connectivity index (χ4v) is 2.78. The van der Waals surface area contributed by atoms with E-state index in [4.69, 9.17) is 14.3 Å². The van der Waals surface area contributed by atoms with E-state index in [-0.39, 0.29) is 13.2 Å². The second-order valence-corrected chi connectivity index (χ2v) is 6.83. The number of esters is 1. The minimum absolute atomic E-state index is 0.0606. The zero-order valence-electron chi connectivity index (χ0n) is 17.8. The summed E-state index contributed by atoms with van der Waals surface area (Å²) in [5.74, 6) is 0.134. The monoisotopic (exact) mass is 437 g/mol. The lowest BCUT2D eigenvalue weighted by molar-refractivity contribution is -0.145. The van der Waals surface area contributed by atoms with Gasteiger partial charge in [0.05, 0.1) is 17.9 Å². The van der Waals surface area contributed by atoms with Crippen LogP contribution in [0.15, 0.2) is 47.6 Å². The number of rotatable bonds is 10. The van der Waals surface area contributed by atoms with Crippen LogP contribution in [0.3, 0.4) is 0 Å². The third kappa shape index (κ3) is 7.62. The molecule has 2 aromatic rings. The number of ether oxygens (including phenoxy) is 2. The van der Waals surface area contributed by atoms with Gasteiger partial charge in [0.25, 0.3) is 0 Å². The molecule has 0 saturated heterocycles. The Balaban J connectivity index is 2.04. The summed E-state index contributed by atoms with van der Waals surface area (Å²) < 4.78 is 48.3. The second-order valence-electron chi connectivity index (χ2n) is 6.83. The molecule has 0 aliphatic carbocycles. The zero-order valence-corrected chi connectivity index (χ0v) is 17.8. The SMILES string of the molecule is CCC/C(=N/OCc1ccc(C(F)(F)F)cc1)c1ccc(OCC(=O)OCC)c(C)c1. The van der Waals surface area contributed by atoms with Gasteiger partial charge in [-0.15, -0.1) is 0 Å². The number of carbonyl (C=O) groups is 1. The van der Waals surface area contributed by atoms with Crippen molar-refractivity contribution < 1.29 is 32.3 Å². The lowest BCUT2D eigenvalue weighted by Crippen LogP contribution is -2.15. The van der Waals surface area contributed by atoms with Gasteiger partial charge in [0.2, 0.25) is 0 Å². The van der Waals surface area contributed by atoms with Gasteiger partial charge in [0, 0.05) is 0 Å². The summed E-state index contributed by atoms with van der Waals surface area (Å²) in [6.45, 7) is 5.78. The number of alkyl halides is 3. The smallest absolute Gasteiger partial charge is 0.416 e. The highest BCUT2D eigenvalue weighted by atomic mass is 19.4. The summed E-state index contributed by atoms with van der Waals surface area (Å²) in [5.41, 5.74) is 2.27. The predicted molar refractivity (Wildman–Crippen MR) is 111 cm³/mol. The highest BCUT2D eigenvalue weighted by molar-refractivity contribution is 6.00. The van der Waals surface area contributed by atoms with Crippen LogP contribution in [0, 0.1) is 6.92 Å². The maximum atomic E-state index is 12.6. The second kappa shape index (κ2) is 11.4. The molecule has 2 rings (SSSR count). The molecule has 0 aliphatic rings. The van der Waals surface area contributed by atoms with Crippen LogP contribution in [0.1, 0.15) is 48.9 Å². The molecule has 0 bridgehead atoms. The van der Waals surface area contributed by atoms with Crippen molar-refractivity contribution in [2.45, 2.75) is 46.4 Å². The van der Waals surface area contributed by atoms with Gasteiger partial charge in [-0.3, -0.25) is 0 Å². The molecule has 0 heterocycles. The van der Waals surface area contributed by atoms with Crippen molar-refractivity contribution in [1.82, 2.24) is 0 Å². The first-order valence-corrected chi connectivity index (χ1v) is 9.99. The molecule has 0 N–H and O–H groups in total. The van der Waals surface area contributed by atoms with E-state index in [1.807, 2.05) is 26.0 Å². The van der Waals surface area contributed by atoms with E-state index in [1.165, 1.54) is 12.1 Å². The van der Waals surface area contributed by atoms with E-state index in [0.29, 0.717) is 24.3 Å². The van der Waals surface area contributed by atoms with Crippen LogP contribution in [0.4, 0.5) is 13.2 Å². The molecule has 0 aliphatic heterocycles. The molecule has 0 radical (unpaired) electrons. The molecule has 31 heavy (non-hydrogen) atoms. The van der Waals surface area contributed by atoms with Crippen LogP contribution in [0.2, 0.25) is 0 Å². The molecular weight excluding hydrogens is 411 g/mol.